The molecule has 4 heteroatoms. The van der Waals surface area contributed by atoms with Gasteiger partial charge >= 0.3 is 5.97 Å². The average molecular weight is 293 g/mol. The highest BCUT2D eigenvalue weighted by atomic mass is 16.6. The van der Waals surface area contributed by atoms with Gasteiger partial charge in [0.25, 0.3) is 0 Å². The van der Waals surface area contributed by atoms with E-state index >= 15 is 0 Å². The van der Waals surface area contributed by atoms with Crippen LogP contribution in [0.25, 0.3) is 0 Å². The molecule has 0 aliphatic carbocycles. The molecule has 2 N–H and O–H groups in total. The lowest BCUT2D eigenvalue weighted by Gasteiger charge is -2.26. The molecule has 21 heavy (non-hydrogen) atoms. The van der Waals surface area contributed by atoms with Crippen LogP contribution >= 0.6 is 0 Å². The van der Waals surface area contributed by atoms with Gasteiger partial charge in [-0.1, -0.05) is 37.3 Å². The lowest BCUT2D eigenvalue weighted by molar-refractivity contribution is -0.158. The molecule has 0 bridgehead atoms. The Morgan fingerprint density at radius 2 is 1.90 bits per heavy atom. The third kappa shape index (κ3) is 7.25. The lowest BCUT2D eigenvalue weighted by atomic mass is 10.0. The summed E-state index contributed by atoms with van der Waals surface area (Å²) in [6, 6.07) is 9.48. The normalized spacial score (nSPS) is 14.5. The SMILES string of the molecule is CCC(O)NC(CCc1ccccc1)C(=O)OC(C)(C)C. The van der Waals surface area contributed by atoms with E-state index < -0.39 is 17.9 Å². The van der Waals surface area contributed by atoms with Gasteiger partial charge < -0.3 is 9.84 Å². The summed E-state index contributed by atoms with van der Waals surface area (Å²) < 4.78 is 5.42. The summed E-state index contributed by atoms with van der Waals surface area (Å²) in [5.41, 5.74) is 0.639. The molecule has 1 rings (SSSR count). The molecule has 0 aliphatic heterocycles. The molecule has 0 aromatic heterocycles. The van der Waals surface area contributed by atoms with Crippen LogP contribution < -0.4 is 5.32 Å². The van der Waals surface area contributed by atoms with Crippen molar-refractivity contribution in [3.8, 4) is 0 Å². The van der Waals surface area contributed by atoms with Gasteiger partial charge in [0.1, 0.15) is 17.9 Å². The number of aliphatic hydroxyl groups is 1. The Morgan fingerprint density at radius 3 is 2.43 bits per heavy atom. The van der Waals surface area contributed by atoms with Crippen molar-refractivity contribution in [1.82, 2.24) is 5.32 Å². The Hall–Kier alpha value is -1.39. The number of aliphatic hydroxyl groups excluding tert-OH is 1. The van der Waals surface area contributed by atoms with Crippen molar-refractivity contribution < 1.29 is 14.6 Å². The van der Waals surface area contributed by atoms with Crippen LogP contribution in [0.1, 0.15) is 46.1 Å². The van der Waals surface area contributed by atoms with Crippen molar-refractivity contribution in [2.24, 2.45) is 0 Å². The van der Waals surface area contributed by atoms with E-state index in [-0.39, 0.29) is 5.97 Å². The third-order valence-electron chi connectivity index (χ3n) is 3.04. The van der Waals surface area contributed by atoms with E-state index in [1.165, 1.54) is 5.56 Å². The van der Waals surface area contributed by atoms with Gasteiger partial charge in [-0.2, -0.15) is 0 Å². The number of aryl methyl sites for hydroxylation is 1. The standard InChI is InChI=1S/C17H27NO3/c1-5-15(19)18-14(16(20)21-17(2,3)4)12-11-13-9-7-6-8-10-13/h6-10,14-15,18-19H,5,11-12H2,1-4H3. The minimum absolute atomic E-state index is 0.314. The topological polar surface area (TPSA) is 58.6 Å². The quantitative estimate of drug-likeness (QED) is 0.599. The van der Waals surface area contributed by atoms with Gasteiger partial charge in [-0.15, -0.1) is 0 Å². The molecule has 4 nitrogen and oxygen atoms in total. The highest BCUT2D eigenvalue weighted by Gasteiger charge is 2.26. The van der Waals surface area contributed by atoms with Gasteiger partial charge in [-0.05, 0) is 45.6 Å². The van der Waals surface area contributed by atoms with Crippen molar-refractivity contribution in [2.45, 2.75) is 64.8 Å². The van der Waals surface area contributed by atoms with Gasteiger partial charge in [0.15, 0.2) is 0 Å². The van der Waals surface area contributed by atoms with Crippen molar-refractivity contribution >= 4 is 5.97 Å². The fourth-order valence-electron chi connectivity index (χ4n) is 1.95. The number of carbonyl (C=O) groups excluding carboxylic acids is 1. The second kappa shape index (κ2) is 8.15. The molecule has 118 valence electrons. The summed E-state index contributed by atoms with van der Waals surface area (Å²) in [4.78, 5) is 12.2. The zero-order chi connectivity index (χ0) is 15.9. The van der Waals surface area contributed by atoms with Gasteiger partial charge in [0.05, 0.1) is 0 Å². The van der Waals surface area contributed by atoms with E-state index in [9.17, 15) is 9.90 Å². The molecule has 1 aromatic rings. The Morgan fingerprint density at radius 1 is 1.29 bits per heavy atom. The molecule has 0 heterocycles. The maximum absolute atomic E-state index is 12.2. The third-order valence-corrected chi connectivity index (χ3v) is 3.04. The molecule has 2 unspecified atom stereocenters. The first-order valence-electron chi connectivity index (χ1n) is 7.52. The molecule has 0 aliphatic rings. The predicted octanol–water partition coefficient (Wildman–Crippen LogP) is 2.65. The molecule has 2 atom stereocenters. The van der Waals surface area contributed by atoms with Gasteiger partial charge in [0.2, 0.25) is 0 Å². The van der Waals surface area contributed by atoms with Crippen molar-refractivity contribution in [1.29, 1.82) is 0 Å². The number of rotatable bonds is 7. The highest BCUT2D eigenvalue weighted by Crippen LogP contribution is 2.12. The predicted molar refractivity (Wildman–Crippen MR) is 83.8 cm³/mol. The number of carbonyl (C=O) groups is 1. The van der Waals surface area contributed by atoms with Crippen LogP contribution in [0.2, 0.25) is 0 Å². The van der Waals surface area contributed by atoms with E-state index in [1.807, 2.05) is 58.0 Å². The van der Waals surface area contributed by atoms with Crippen LogP contribution in [0.3, 0.4) is 0 Å². The first-order valence-corrected chi connectivity index (χ1v) is 7.52. The second-order valence-corrected chi connectivity index (χ2v) is 6.20. The summed E-state index contributed by atoms with van der Waals surface area (Å²) >= 11 is 0. The molecule has 0 spiro atoms. The second-order valence-electron chi connectivity index (χ2n) is 6.20. The summed E-state index contributed by atoms with van der Waals surface area (Å²) in [7, 11) is 0. The lowest BCUT2D eigenvalue weighted by Crippen LogP contribution is -2.46. The first-order chi connectivity index (χ1) is 9.81. The Kier molecular flexibility index (Phi) is 6.85. The summed E-state index contributed by atoms with van der Waals surface area (Å²) in [5.74, 6) is -0.314. The number of ether oxygens (including phenoxy) is 1. The number of nitrogens with one attached hydrogen (secondary N) is 1. The zero-order valence-corrected chi connectivity index (χ0v) is 13.4. The molecule has 0 fully saturated rings. The van der Waals surface area contributed by atoms with Crippen LogP contribution in [0.5, 0.6) is 0 Å². The van der Waals surface area contributed by atoms with E-state index in [1.54, 1.807) is 0 Å². The monoisotopic (exact) mass is 293 g/mol. The Labute approximate surface area is 127 Å². The Balaban J connectivity index is 2.65. The smallest absolute Gasteiger partial charge is 0.323 e. The van der Waals surface area contributed by atoms with E-state index in [0.29, 0.717) is 12.8 Å². The largest absolute Gasteiger partial charge is 0.459 e. The molecule has 0 saturated carbocycles. The maximum atomic E-state index is 12.2. The van der Waals surface area contributed by atoms with Gasteiger partial charge in [-0.25, -0.2) is 0 Å². The average Bonchev–Trinajstić information content (AvgIpc) is 2.42. The van der Waals surface area contributed by atoms with Crippen molar-refractivity contribution in [3.05, 3.63) is 35.9 Å². The Bertz CT molecular complexity index is 425. The first kappa shape index (κ1) is 17.7. The minimum Gasteiger partial charge on any atom is -0.459 e. The van der Waals surface area contributed by atoms with Crippen LogP contribution in [-0.2, 0) is 16.0 Å². The molecule has 1 aromatic carbocycles. The van der Waals surface area contributed by atoms with E-state index in [2.05, 4.69) is 5.32 Å². The molecular formula is C17H27NO3. The van der Waals surface area contributed by atoms with Crippen LogP contribution in [0.15, 0.2) is 30.3 Å². The molecule has 0 radical (unpaired) electrons. The van der Waals surface area contributed by atoms with Gasteiger partial charge in [-0.3, -0.25) is 10.1 Å². The summed E-state index contributed by atoms with van der Waals surface area (Å²) in [6.45, 7) is 7.39. The van der Waals surface area contributed by atoms with Crippen LogP contribution in [0, 0.1) is 0 Å². The summed E-state index contributed by atoms with van der Waals surface area (Å²) in [6.07, 6.45) is 1.20. The molecule has 0 saturated heterocycles. The number of benzene rings is 1. The summed E-state index contributed by atoms with van der Waals surface area (Å²) in [5, 5.41) is 12.7. The van der Waals surface area contributed by atoms with E-state index in [4.69, 9.17) is 4.74 Å². The highest BCUT2D eigenvalue weighted by molar-refractivity contribution is 5.76. The zero-order valence-electron chi connectivity index (χ0n) is 13.4. The molecule has 0 amide bonds. The number of hydrogen-bond donors (Lipinski definition) is 2. The minimum atomic E-state index is -0.696. The van der Waals surface area contributed by atoms with Crippen LogP contribution in [0.4, 0.5) is 0 Å². The fourth-order valence-corrected chi connectivity index (χ4v) is 1.95. The van der Waals surface area contributed by atoms with Crippen molar-refractivity contribution in [2.75, 3.05) is 0 Å². The molecular weight excluding hydrogens is 266 g/mol. The number of esters is 1. The van der Waals surface area contributed by atoms with E-state index in [0.717, 1.165) is 6.42 Å². The fraction of sp³-hybridized carbons (Fsp3) is 0.588. The van der Waals surface area contributed by atoms with Crippen LogP contribution in [-0.4, -0.2) is 28.9 Å². The van der Waals surface area contributed by atoms with Crippen molar-refractivity contribution in [3.63, 3.8) is 0 Å². The number of hydrogen-bond acceptors (Lipinski definition) is 4. The van der Waals surface area contributed by atoms with Gasteiger partial charge in [0, 0.05) is 0 Å². The maximum Gasteiger partial charge on any atom is 0.323 e.